The molecule has 0 saturated heterocycles. The summed E-state index contributed by atoms with van der Waals surface area (Å²) in [7, 11) is 0. The van der Waals surface area contributed by atoms with Gasteiger partial charge in [-0.1, -0.05) is 0 Å². The van der Waals surface area contributed by atoms with Crippen LogP contribution in [0.1, 0.15) is 16.2 Å². The van der Waals surface area contributed by atoms with E-state index in [2.05, 4.69) is 20.3 Å². The third-order valence-electron chi connectivity index (χ3n) is 2.89. The van der Waals surface area contributed by atoms with Crippen LogP contribution in [0.3, 0.4) is 0 Å². The van der Waals surface area contributed by atoms with Gasteiger partial charge in [-0.05, 0) is 24.3 Å². The Labute approximate surface area is 125 Å². The highest BCUT2D eigenvalue weighted by Crippen LogP contribution is 2.17. The van der Waals surface area contributed by atoms with Crippen LogP contribution in [-0.2, 0) is 6.54 Å². The highest BCUT2D eigenvalue weighted by atomic mass is 16.4. The number of aromatic carboxylic acids is 1. The summed E-state index contributed by atoms with van der Waals surface area (Å²) in [4.78, 5) is 23.6. The molecule has 0 bridgehead atoms. The fraction of sp³-hybridized carbons (Fsp3) is 0.0667. The molecule has 3 rings (SSSR count). The van der Waals surface area contributed by atoms with E-state index in [1.807, 2.05) is 6.07 Å². The van der Waals surface area contributed by atoms with Crippen LogP contribution in [-0.4, -0.2) is 26.0 Å². The van der Waals surface area contributed by atoms with Crippen molar-refractivity contribution in [2.24, 2.45) is 0 Å². The van der Waals surface area contributed by atoms with Gasteiger partial charge in [-0.25, -0.2) is 14.8 Å². The molecule has 110 valence electrons. The van der Waals surface area contributed by atoms with Crippen LogP contribution in [0, 0.1) is 0 Å². The van der Waals surface area contributed by atoms with Crippen molar-refractivity contribution >= 4 is 11.8 Å². The van der Waals surface area contributed by atoms with E-state index in [0.717, 1.165) is 5.76 Å². The molecule has 0 aliphatic carbocycles. The van der Waals surface area contributed by atoms with Gasteiger partial charge in [0.25, 0.3) is 0 Å². The summed E-state index contributed by atoms with van der Waals surface area (Å²) in [5.74, 6) is 0.310. The Hall–Kier alpha value is -3.22. The molecule has 0 saturated carbocycles. The molecule has 0 aromatic carbocycles. The van der Waals surface area contributed by atoms with Crippen molar-refractivity contribution in [1.82, 2.24) is 15.0 Å². The van der Waals surface area contributed by atoms with Crippen LogP contribution in [0.5, 0.6) is 0 Å². The number of rotatable bonds is 5. The van der Waals surface area contributed by atoms with Gasteiger partial charge in [0.05, 0.1) is 12.8 Å². The molecule has 22 heavy (non-hydrogen) atoms. The number of carbonyl (C=O) groups is 1. The monoisotopic (exact) mass is 296 g/mol. The van der Waals surface area contributed by atoms with Gasteiger partial charge in [0.15, 0.2) is 11.5 Å². The van der Waals surface area contributed by atoms with E-state index in [4.69, 9.17) is 4.42 Å². The highest BCUT2D eigenvalue weighted by molar-refractivity contribution is 5.86. The van der Waals surface area contributed by atoms with Crippen LogP contribution >= 0.6 is 0 Å². The molecule has 0 fully saturated rings. The number of nitrogens with one attached hydrogen (secondary N) is 1. The standard InChI is InChI=1S/C15H12N4O3/c20-15(21)12-7-13(17-9-11-4-2-6-22-11)19-14(18-12)10-3-1-5-16-8-10/h1-8H,9H2,(H,20,21)(H,17,18,19). The molecule has 7 nitrogen and oxygen atoms in total. The maximum atomic E-state index is 11.2. The number of aromatic nitrogens is 3. The summed E-state index contributed by atoms with van der Waals surface area (Å²) >= 11 is 0. The van der Waals surface area contributed by atoms with E-state index in [-0.39, 0.29) is 5.69 Å². The molecule has 0 atom stereocenters. The van der Waals surface area contributed by atoms with Crippen molar-refractivity contribution in [2.75, 3.05) is 5.32 Å². The number of pyridine rings is 1. The van der Waals surface area contributed by atoms with Crippen molar-refractivity contribution in [3.8, 4) is 11.4 Å². The van der Waals surface area contributed by atoms with Crippen LogP contribution in [0.15, 0.2) is 53.4 Å². The Morgan fingerprint density at radius 2 is 2.18 bits per heavy atom. The minimum atomic E-state index is -1.12. The lowest BCUT2D eigenvalue weighted by molar-refractivity contribution is 0.0690. The Bertz CT molecular complexity index is 773. The summed E-state index contributed by atoms with van der Waals surface area (Å²) in [6.07, 6.45) is 4.78. The second kappa shape index (κ2) is 6.04. The van der Waals surface area contributed by atoms with Gasteiger partial charge in [0, 0.05) is 24.0 Å². The first-order valence-electron chi connectivity index (χ1n) is 6.51. The number of nitrogens with zero attached hydrogens (tertiary/aromatic N) is 3. The van der Waals surface area contributed by atoms with E-state index in [0.29, 0.717) is 23.8 Å². The summed E-state index contributed by atoms with van der Waals surface area (Å²) in [5.41, 5.74) is 0.558. The van der Waals surface area contributed by atoms with E-state index in [9.17, 15) is 9.90 Å². The zero-order valence-electron chi connectivity index (χ0n) is 11.4. The van der Waals surface area contributed by atoms with Gasteiger partial charge in [0.1, 0.15) is 11.6 Å². The van der Waals surface area contributed by atoms with Gasteiger partial charge in [0.2, 0.25) is 0 Å². The largest absolute Gasteiger partial charge is 0.477 e. The number of hydrogen-bond donors (Lipinski definition) is 2. The predicted molar refractivity (Wildman–Crippen MR) is 78.3 cm³/mol. The molecule has 3 aromatic rings. The van der Waals surface area contributed by atoms with E-state index in [1.54, 1.807) is 36.9 Å². The van der Waals surface area contributed by atoms with E-state index in [1.165, 1.54) is 6.07 Å². The molecule has 0 aliphatic heterocycles. The van der Waals surface area contributed by atoms with Crippen molar-refractivity contribution in [3.63, 3.8) is 0 Å². The number of hydrogen-bond acceptors (Lipinski definition) is 6. The average Bonchev–Trinajstić information content (AvgIpc) is 3.07. The highest BCUT2D eigenvalue weighted by Gasteiger charge is 2.12. The van der Waals surface area contributed by atoms with Crippen LogP contribution in [0.4, 0.5) is 5.82 Å². The smallest absolute Gasteiger partial charge is 0.354 e. The summed E-state index contributed by atoms with van der Waals surface area (Å²) in [6, 6.07) is 8.48. The topological polar surface area (TPSA) is 101 Å². The van der Waals surface area contributed by atoms with E-state index < -0.39 is 5.97 Å². The fourth-order valence-electron chi connectivity index (χ4n) is 1.86. The Kier molecular flexibility index (Phi) is 3.78. The van der Waals surface area contributed by atoms with Gasteiger partial charge in [-0.3, -0.25) is 4.98 Å². The SMILES string of the molecule is O=C(O)c1cc(NCc2ccco2)nc(-c2cccnc2)n1. The maximum absolute atomic E-state index is 11.2. The minimum absolute atomic E-state index is 0.0872. The van der Waals surface area contributed by atoms with Crippen LogP contribution in [0.25, 0.3) is 11.4 Å². The summed E-state index contributed by atoms with van der Waals surface area (Å²) in [5, 5.41) is 12.2. The molecule has 2 N–H and O–H groups in total. The molecule has 0 unspecified atom stereocenters. The normalized spacial score (nSPS) is 10.4. The Morgan fingerprint density at radius 3 is 2.86 bits per heavy atom. The van der Waals surface area contributed by atoms with Crippen molar-refractivity contribution in [2.45, 2.75) is 6.54 Å². The fourth-order valence-corrected chi connectivity index (χ4v) is 1.86. The third-order valence-corrected chi connectivity index (χ3v) is 2.89. The Balaban J connectivity index is 1.92. The van der Waals surface area contributed by atoms with Crippen molar-refractivity contribution in [1.29, 1.82) is 0 Å². The number of furan rings is 1. The van der Waals surface area contributed by atoms with Crippen molar-refractivity contribution in [3.05, 3.63) is 60.4 Å². The number of carboxylic acid groups (broad SMARTS) is 1. The second-order valence-electron chi connectivity index (χ2n) is 4.44. The van der Waals surface area contributed by atoms with E-state index >= 15 is 0 Å². The molecule has 0 amide bonds. The average molecular weight is 296 g/mol. The second-order valence-corrected chi connectivity index (χ2v) is 4.44. The van der Waals surface area contributed by atoms with Crippen LogP contribution < -0.4 is 5.32 Å². The van der Waals surface area contributed by atoms with Gasteiger partial charge in [-0.15, -0.1) is 0 Å². The van der Waals surface area contributed by atoms with Gasteiger partial charge < -0.3 is 14.8 Å². The molecule has 3 aromatic heterocycles. The van der Waals surface area contributed by atoms with Gasteiger partial charge >= 0.3 is 5.97 Å². The zero-order chi connectivity index (χ0) is 15.4. The Morgan fingerprint density at radius 1 is 1.27 bits per heavy atom. The molecular formula is C15H12N4O3. The lowest BCUT2D eigenvalue weighted by Gasteiger charge is -2.07. The predicted octanol–water partition coefficient (Wildman–Crippen LogP) is 2.44. The quantitative estimate of drug-likeness (QED) is 0.745. The minimum Gasteiger partial charge on any atom is -0.477 e. The summed E-state index contributed by atoms with van der Waals surface area (Å²) in [6.45, 7) is 0.398. The molecule has 0 aliphatic rings. The first-order chi connectivity index (χ1) is 10.7. The molecule has 0 radical (unpaired) electrons. The lowest BCUT2D eigenvalue weighted by Crippen LogP contribution is -2.08. The van der Waals surface area contributed by atoms with Gasteiger partial charge in [-0.2, -0.15) is 0 Å². The van der Waals surface area contributed by atoms with Crippen LogP contribution in [0.2, 0.25) is 0 Å². The molecular weight excluding hydrogens is 284 g/mol. The third kappa shape index (κ3) is 3.09. The number of anilines is 1. The molecule has 0 spiro atoms. The zero-order valence-corrected chi connectivity index (χ0v) is 11.4. The molecule has 3 heterocycles. The maximum Gasteiger partial charge on any atom is 0.354 e. The molecule has 7 heteroatoms. The summed E-state index contributed by atoms with van der Waals surface area (Å²) < 4.78 is 5.22. The van der Waals surface area contributed by atoms with Crippen molar-refractivity contribution < 1.29 is 14.3 Å². The number of carboxylic acids is 1. The first kappa shape index (κ1) is 13.7. The lowest BCUT2D eigenvalue weighted by atomic mass is 10.2. The first-order valence-corrected chi connectivity index (χ1v) is 6.51.